The number of halogens is 2. The van der Waals surface area contributed by atoms with Crippen molar-refractivity contribution in [2.75, 3.05) is 92.8 Å². The minimum atomic E-state index is -1.12. The Bertz CT molecular complexity index is 611. The summed E-state index contributed by atoms with van der Waals surface area (Å²) in [6, 6.07) is 0. The molecule has 0 N–H and O–H groups in total. The van der Waals surface area contributed by atoms with Crippen molar-refractivity contribution in [3.05, 3.63) is 0 Å². The Morgan fingerprint density at radius 2 is 1.03 bits per heavy atom. The molecule has 0 aromatic heterocycles. The zero-order valence-electron chi connectivity index (χ0n) is 21.9. The third-order valence-electron chi connectivity index (χ3n) is 6.51. The molecule has 11 heteroatoms. The van der Waals surface area contributed by atoms with Gasteiger partial charge in [-0.25, -0.2) is 0 Å². The Morgan fingerprint density at radius 1 is 0.686 bits per heavy atom. The van der Waals surface area contributed by atoms with Crippen LogP contribution in [0.3, 0.4) is 0 Å². The van der Waals surface area contributed by atoms with Crippen molar-refractivity contribution in [3.63, 3.8) is 0 Å². The predicted octanol–water partition coefficient (Wildman–Crippen LogP) is 2.12. The van der Waals surface area contributed by atoms with Crippen molar-refractivity contribution in [2.45, 2.75) is 49.3 Å². The fourth-order valence-corrected chi connectivity index (χ4v) is 5.26. The first kappa shape index (κ1) is 32.9. The van der Waals surface area contributed by atoms with Crippen LogP contribution in [0.4, 0.5) is 0 Å². The Morgan fingerprint density at radius 3 is 1.37 bits per heavy atom. The van der Waals surface area contributed by atoms with Crippen molar-refractivity contribution in [1.29, 1.82) is 0 Å². The molecule has 35 heavy (non-hydrogen) atoms. The molecule has 8 nitrogen and oxygen atoms in total. The summed E-state index contributed by atoms with van der Waals surface area (Å²) in [7, 11) is 3.93. The number of hydrogen-bond donors (Lipinski definition) is 0. The van der Waals surface area contributed by atoms with E-state index in [0.717, 1.165) is 38.8 Å². The molecule has 2 bridgehead atoms. The van der Waals surface area contributed by atoms with Crippen molar-refractivity contribution < 1.29 is 36.1 Å². The van der Waals surface area contributed by atoms with E-state index in [0.29, 0.717) is 65.6 Å². The summed E-state index contributed by atoms with van der Waals surface area (Å²) in [5.74, 6) is -0.682. The van der Waals surface area contributed by atoms with E-state index in [4.69, 9.17) is 32.7 Å². The summed E-state index contributed by atoms with van der Waals surface area (Å²) >= 11 is 14.0. The molecule has 0 amide bonds. The molecule has 0 aromatic rings. The Hall–Kier alpha value is -0.121. The third-order valence-corrected chi connectivity index (χ3v) is 7.30. The van der Waals surface area contributed by atoms with Gasteiger partial charge >= 0.3 is 29.0 Å². The van der Waals surface area contributed by atoms with Gasteiger partial charge in [-0.05, 0) is 26.9 Å². The van der Waals surface area contributed by atoms with E-state index in [9.17, 15) is 9.59 Å². The van der Waals surface area contributed by atoms with Crippen LogP contribution in [0, 0.1) is 0 Å². The number of nitrogens with zero attached hydrogens (tertiary/aromatic N) is 4. The fraction of sp³-hybridized carbons (Fsp3) is 0.917. The molecule has 0 spiro atoms. The number of ether oxygens (including phenoxy) is 2. The average Bonchev–Trinajstić information content (AvgIpc) is 2.78. The Balaban J connectivity index is 0.00000612. The fourth-order valence-electron chi connectivity index (χ4n) is 4.40. The zero-order valence-corrected chi connectivity index (χ0v) is 24.6. The largest absolute Gasteiger partial charge is 2.00 e. The van der Waals surface area contributed by atoms with E-state index < -0.39 is 9.75 Å². The molecule has 2 fully saturated rings. The van der Waals surface area contributed by atoms with E-state index in [-0.39, 0.29) is 29.0 Å². The molecule has 2 rings (SSSR count). The maximum atomic E-state index is 13.0. The molecule has 2 saturated heterocycles. The number of rotatable bonds is 8. The quantitative estimate of drug-likeness (QED) is 0.188. The standard InChI is InChI=1S/C24H44Cl2N4O4.Mn/c1-5-7-15-33-21(31)23(25)17-27(3)9-12-30-14-13-29(19-23)11-10-28(4)18-24(26,20-30)22(32)34-16-8-6-2;/h5-20H2,1-4H3;/q;+2. The van der Waals surface area contributed by atoms with Gasteiger partial charge in [0.25, 0.3) is 0 Å². The molecule has 0 saturated carbocycles. The van der Waals surface area contributed by atoms with Gasteiger partial charge in [-0.1, -0.05) is 26.7 Å². The van der Waals surface area contributed by atoms with Gasteiger partial charge in [0.15, 0.2) is 9.75 Å². The van der Waals surface area contributed by atoms with Crippen molar-refractivity contribution in [3.8, 4) is 0 Å². The van der Waals surface area contributed by atoms with Gasteiger partial charge in [0, 0.05) is 65.4 Å². The minimum absolute atomic E-state index is 0. The van der Waals surface area contributed by atoms with E-state index >= 15 is 0 Å². The molecular weight excluding hydrogens is 534 g/mol. The molecule has 203 valence electrons. The molecular formula is C24H44Cl2MnN4O4+2. The monoisotopic (exact) mass is 577 g/mol. The maximum Gasteiger partial charge on any atom is 2.00 e. The van der Waals surface area contributed by atoms with Crippen molar-refractivity contribution in [2.24, 2.45) is 0 Å². The predicted molar refractivity (Wildman–Crippen MR) is 137 cm³/mol. The Labute approximate surface area is 232 Å². The summed E-state index contributed by atoms with van der Waals surface area (Å²) in [5, 5.41) is 0. The number of carbonyl (C=O) groups is 2. The van der Waals surface area contributed by atoms with Gasteiger partial charge in [0.2, 0.25) is 0 Å². The SMILES string of the molecule is CCCCOC(=O)C1(Cl)CN(C)CCN2CCN(CCN(C)CC(Cl)(C(=O)OCCCC)C2)C1.[Mn+2]. The second-order valence-electron chi connectivity index (χ2n) is 9.94. The summed E-state index contributed by atoms with van der Waals surface area (Å²) < 4.78 is 11.1. The average molecular weight is 578 g/mol. The number of fused-ring (bicyclic) bond motifs is 3. The minimum Gasteiger partial charge on any atom is -0.464 e. The van der Waals surface area contributed by atoms with Crippen LogP contribution in [-0.2, 0) is 36.1 Å². The third kappa shape index (κ3) is 10.6. The Kier molecular flexibility index (Phi) is 15.0. The molecule has 2 aliphatic rings. The first-order chi connectivity index (χ1) is 16.1. The van der Waals surface area contributed by atoms with Gasteiger partial charge < -0.3 is 19.3 Å². The van der Waals surface area contributed by atoms with E-state index in [2.05, 4.69) is 33.4 Å². The molecule has 4 unspecified atom stereocenters. The summed E-state index contributed by atoms with van der Waals surface area (Å²) in [5.41, 5.74) is 0. The van der Waals surface area contributed by atoms with Crippen LogP contribution in [0.1, 0.15) is 39.5 Å². The zero-order chi connectivity index (χ0) is 25.2. The number of likely N-dealkylation sites (N-methyl/N-ethyl adjacent to an activating group) is 2. The molecule has 0 aliphatic carbocycles. The molecule has 0 aromatic carbocycles. The number of unbranched alkanes of at least 4 members (excludes halogenated alkanes) is 2. The molecule has 4 atom stereocenters. The molecule has 2 heterocycles. The van der Waals surface area contributed by atoms with Gasteiger partial charge in [-0.3, -0.25) is 19.4 Å². The summed E-state index contributed by atoms with van der Waals surface area (Å²) in [6.45, 7) is 10.8. The van der Waals surface area contributed by atoms with E-state index in [1.54, 1.807) is 0 Å². The van der Waals surface area contributed by atoms with Crippen LogP contribution in [-0.4, -0.2) is 134 Å². The van der Waals surface area contributed by atoms with Gasteiger partial charge in [-0.2, -0.15) is 0 Å². The van der Waals surface area contributed by atoms with Crippen LogP contribution in [0.2, 0.25) is 0 Å². The number of esters is 2. The van der Waals surface area contributed by atoms with Crippen LogP contribution in [0.15, 0.2) is 0 Å². The maximum absolute atomic E-state index is 13.0. The van der Waals surface area contributed by atoms with Crippen LogP contribution < -0.4 is 0 Å². The smallest absolute Gasteiger partial charge is 0.464 e. The van der Waals surface area contributed by atoms with E-state index in [1.807, 2.05) is 14.1 Å². The van der Waals surface area contributed by atoms with Crippen molar-refractivity contribution >= 4 is 35.1 Å². The number of hydrogen-bond acceptors (Lipinski definition) is 8. The van der Waals surface area contributed by atoms with Crippen LogP contribution >= 0.6 is 23.2 Å². The van der Waals surface area contributed by atoms with Gasteiger partial charge in [0.05, 0.1) is 13.2 Å². The number of carbonyl (C=O) groups excluding carboxylic acids is 2. The van der Waals surface area contributed by atoms with Gasteiger partial charge in [-0.15, -0.1) is 23.2 Å². The van der Waals surface area contributed by atoms with Crippen LogP contribution in [0.5, 0.6) is 0 Å². The topological polar surface area (TPSA) is 65.6 Å². The number of alkyl halides is 2. The first-order valence-electron chi connectivity index (χ1n) is 12.7. The van der Waals surface area contributed by atoms with Gasteiger partial charge in [0.1, 0.15) is 0 Å². The molecule has 2 aliphatic heterocycles. The summed E-state index contributed by atoms with van der Waals surface area (Å²) in [6.07, 6.45) is 3.59. The molecule has 1 radical (unpaired) electrons. The summed E-state index contributed by atoms with van der Waals surface area (Å²) in [4.78, 5) is 32.3. The first-order valence-corrected chi connectivity index (χ1v) is 13.4. The second kappa shape index (κ2) is 16.0. The normalized spacial score (nSPS) is 31.3. The van der Waals surface area contributed by atoms with E-state index in [1.165, 1.54) is 0 Å². The van der Waals surface area contributed by atoms with Crippen LogP contribution in [0.25, 0.3) is 0 Å². The second-order valence-corrected chi connectivity index (χ2v) is 11.4. The van der Waals surface area contributed by atoms with Crippen molar-refractivity contribution in [1.82, 2.24) is 19.6 Å².